The number of anilines is 1. The summed E-state index contributed by atoms with van der Waals surface area (Å²) < 4.78 is 39.0. The van der Waals surface area contributed by atoms with E-state index in [1.54, 1.807) is 0 Å². The van der Waals surface area contributed by atoms with Gasteiger partial charge in [-0.3, -0.25) is 0 Å². The predicted molar refractivity (Wildman–Crippen MR) is 69.4 cm³/mol. The molecule has 7 heteroatoms. The maximum absolute atomic E-state index is 13.3. The number of hydrogen-bond donors (Lipinski definition) is 2. The van der Waals surface area contributed by atoms with E-state index in [-0.39, 0.29) is 29.6 Å². The van der Waals surface area contributed by atoms with E-state index in [1.165, 1.54) is 12.1 Å². The van der Waals surface area contributed by atoms with Gasteiger partial charge in [0.2, 0.25) is 10.0 Å². The maximum Gasteiger partial charge on any atom is 0.245 e. The summed E-state index contributed by atoms with van der Waals surface area (Å²) >= 11 is 0. The van der Waals surface area contributed by atoms with Crippen molar-refractivity contribution in [3.63, 3.8) is 0 Å². The second-order valence-electron chi connectivity index (χ2n) is 5.18. The Hall–Kier alpha value is -1.18. The molecule has 0 bridgehead atoms. The number of sulfonamides is 1. The maximum atomic E-state index is 13.3. The molecule has 0 saturated carbocycles. The Bertz CT molecular complexity index is 595. The lowest BCUT2D eigenvalue weighted by Gasteiger charge is -2.47. The summed E-state index contributed by atoms with van der Waals surface area (Å²) in [6.45, 7) is 3.65. The van der Waals surface area contributed by atoms with Crippen LogP contribution in [0.15, 0.2) is 23.1 Å². The van der Waals surface area contributed by atoms with E-state index in [0.29, 0.717) is 0 Å². The molecule has 3 N–H and O–H groups in total. The van der Waals surface area contributed by atoms with Gasteiger partial charge in [-0.15, -0.1) is 0 Å². The van der Waals surface area contributed by atoms with Crippen LogP contribution < -0.4 is 5.73 Å². The van der Waals surface area contributed by atoms with Crippen molar-refractivity contribution in [2.24, 2.45) is 5.92 Å². The zero-order chi connectivity index (χ0) is 14.4. The van der Waals surface area contributed by atoms with Crippen LogP contribution in [0.5, 0.6) is 0 Å². The van der Waals surface area contributed by atoms with E-state index >= 15 is 0 Å². The molecule has 0 radical (unpaired) electrons. The number of rotatable bonds is 3. The van der Waals surface area contributed by atoms with E-state index in [1.807, 2.05) is 13.8 Å². The average Bonchev–Trinajstić information content (AvgIpc) is 2.27. The normalized spacial score (nSPS) is 19.4. The smallest absolute Gasteiger partial charge is 0.245 e. The molecule has 2 rings (SSSR count). The van der Waals surface area contributed by atoms with Crippen molar-refractivity contribution < 1.29 is 17.9 Å². The third-order valence-corrected chi connectivity index (χ3v) is 5.46. The van der Waals surface area contributed by atoms with Gasteiger partial charge in [-0.25, -0.2) is 12.8 Å². The number of nitrogens with two attached hydrogens (primary N) is 1. The van der Waals surface area contributed by atoms with Crippen LogP contribution in [0, 0.1) is 11.7 Å². The third-order valence-electron chi connectivity index (χ3n) is 3.61. The lowest BCUT2D eigenvalue weighted by atomic mass is 9.85. The number of benzene rings is 1. The van der Waals surface area contributed by atoms with Crippen LogP contribution in [-0.2, 0) is 10.0 Å². The summed E-state index contributed by atoms with van der Waals surface area (Å²) in [5.74, 6) is -0.815. The second-order valence-corrected chi connectivity index (χ2v) is 7.09. The molecule has 1 aliphatic rings. The first kappa shape index (κ1) is 14.2. The molecule has 1 aromatic rings. The van der Waals surface area contributed by atoms with Crippen LogP contribution in [0.1, 0.15) is 13.8 Å². The van der Waals surface area contributed by atoms with E-state index in [4.69, 9.17) is 5.73 Å². The molecule has 0 unspecified atom stereocenters. The number of hydrogen-bond acceptors (Lipinski definition) is 4. The molecule has 0 atom stereocenters. The van der Waals surface area contributed by atoms with Crippen LogP contribution in [0.3, 0.4) is 0 Å². The van der Waals surface area contributed by atoms with E-state index in [0.717, 1.165) is 10.4 Å². The first-order chi connectivity index (χ1) is 8.68. The first-order valence-corrected chi connectivity index (χ1v) is 7.39. The number of nitrogen functional groups attached to an aromatic ring is 1. The standard InChI is InChI=1S/C12H17FN2O3S/c1-8(2)12(16)6-15(7-12)19(17,18)10-5-3-4-9(13)11(10)14/h3-5,8,16H,6-7,14H2,1-2H3. The van der Waals surface area contributed by atoms with Gasteiger partial charge in [0.15, 0.2) is 0 Å². The number of halogens is 1. The molecule has 0 spiro atoms. The molecule has 5 nitrogen and oxygen atoms in total. The Kier molecular flexibility index (Phi) is 3.32. The van der Waals surface area contributed by atoms with Crippen molar-refractivity contribution in [2.45, 2.75) is 24.3 Å². The lowest BCUT2D eigenvalue weighted by molar-refractivity contribution is -0.0932. The SMILES string of the molecule is CC(C)C1(O)CN(S(=O)(=O)c2cccc(F)c2N)C1. The minimum atomic E-state index is -3.85. The summed E-state index contributed by atoms with van der Waals surface area (Å²) in [5, 5.41) is 10.1. The van der Waals surface area contributed by atoms with Gasteiger partial charge in [0.1, 0.15) is 10.7 Å². The minimum absolute atomic E-state index is 0.00293. The van der Waals surface area contributed by atoms with Gasteiger partial charge in [0.25, 0.3) is 0 Å². The van der Waals surface area contributed by atoms with E-state index in [9.17, 15) is 17.9 Å². The van der Waals surface area contributed by atoms with E-state index < -0.39 is 21.4 Å². The Morgan fingerprint density at radius 1 is 1.42 bits per heavy atom. The van der Waals surface area contributed by atoms with Gasteiger partial charge in [-0.05, 0) is 18.1 Å². The lowest BCUT2D eigenvalue weighted by Crippen LogP contribution is -2.65. The highest BCUT2D eigenvalue weighted by molar-refractivity contribution is 7.89. The molecular weight excluding hydrogens is 271 g/mol. The van der Waals surface area contributed by atoms with Gasteiger partial charge in [0.05, 0.1) is 11.3 Å². The van der Waals surface area contributed by atoms with Crippen molar-refractivity contribution >= 4 is 15.7 Å². The van der Waals surface area contributed by atoms with Gasteiger partial charge in [0, 0.05) is 13.1 Å². The highest BCUT2D eigenvalue weighted by atomic mass is 32.2. The summed E-state index contributed by atoms with van der Waals surface area (Å²) in [6, 6.07) is 3.67. The molecule has 106 valence electrons. The summed E-state index contributed by atoms with van der Waals surface area (Å²) in [5.41, 5.74) is 4.06. The fourth-order valence-corrected chi connectivity index (χ4v) is 3.67. The monoisotopic (exact) mass is 288 g/mol. The Balaban J connectivity index is 2.29. The summed E-state index contributed by atoms with van der Waals surface area (Å²) in [4.78, 5) is -0.252. The fraction of sp³-hybridized carbons (Fsp3) is 0.500. The highest BCUT2D eigenvalue weighted by Gasteiger charge is 2.49. The predicted octanol–water partition coefficient (Wildman–Crippen LogP) is 0.799. The molecule has 1 aromatic carbocycles. The molecule has 1 heterocycles. The van der Waals surface area contributed by atoms with Crippen LogP contribution in [-0.4, -0.2) is 36.5 Å². The Morgan fingerprint density at radius 2 is 2.00 bits per heavy atom. The zero-order valence-electron chi connectivity index (χ0n) is 10.8. The molecule has 19 heavy (non-hydrogen) atoms. The quantitative estimate of drug-likeness (QED) is 0.806. The molecule has 0 aromatic heterocycles. The van der Waals surface area contributed by atoms with Gasteiger partial charge in [-0.2, -0.15) is 4.31 Å². The van der Waals surface area contributed by atoms with Crippen molar-refractivity contribution in [1.82, 2.24) is 4.31 Å². The van der Waals surface area contributed by atoms with Crippen molar-refractivity contribution in [3.8, 4) is 0 Å². The highest BCUT2D eigenvalue weighted by Crippen LogP contribution is 2.34. The first-order valence-electron chi connectivity index (χ1n) is 5.95. The zero-order valence-corrected chi connectivity index (χ0v) is 11.6. The molecule has 0 amide bonds. The molecule has 1 aliphatic heterocycles. The van der Waals surface area contributed by atoms with Crippen molar-refractivity contribution in [3.05, 3.63) is 24.0 Å². The minimum Gasteiger partial charge on any atom is -0.395 e. The third kappa shape index (κ3) is 2.22. The molecule has 0 aliphatic carbocycles. The number of aliphatic hydroxyl groups is 1. The topological polar surface area (TPSA) is 83.6 Å². The van der Waals surface area contributed by atoms with Gasteiger partial charge >= 0.3 is 0 Å². The van der Waals surface area contributed by atoms with E-state index in [2.05, 4.69) is 0 Å². The van der Waals surface area contributed by atoms with Crippen LogP contribution in [0.2, 0.25) is 0 Å². The second kappa shape index (κ2) is 4.43. The number of β-amino-alcohol motifs (C(OH)–C–C–N with tert-alkyl or cyclic N) is 1. The van der Waals surface area contributed by atoms with Crippen LogP contribution in [0.25, 0.3) is 0 Å². The number of para-hydroxylation sites is 1. The molecule has 1 fully saturated rings. The Labute approximate surface area is 111 Å². The van der Waals surface area contributed by atoms with Crippen LogP contribution in [0.4, 0.5) is 10.1 Å². The summed E-state index contributed by atoms with van der Waals surface area (Å²) in [6.07, 6.45) is 0. The average molecular weight is 288 g/mol. The summed E-state index contributed by atoms with van der Waals surface area (Å²) in [7, 11) is -3.85. The fourth-order valence-electron chi connectivity index (χ4n) is 1.98. The van der Waals surface area contributed by atoms with Gasteiger partial charge in [-0.1, -0.05) is 19.9 Å². The van der Waals surface area contributed by atoms with Gasteiger partial charge < -0.3 is 10.8 Å². The van der Waals surface area contributed by atoms with Crippen LogP contribution >= 0.6 is 0 Å². The van der Waals surface area contributed by atoms with Crippen molar-refractivity contribution in [2.75, 3.05) is 18.8 Å². The molecular formula is C12H17FN2O3S. The largest absolute Gasteiger partial charge is 0.395 e. The number of nitrogens with zero attached hydrogens (tertiary/aromatic N) is 1. The molecule has 1 saturated heterocycles. The Morgan fingerprint density at radius 3 is 2.53 bits per heavy atom. The van der Waals surface area contributed by atoms with Crippen molar-refractivity contribution in [1.29, 1.82) is 0 Å².